The average Bonchev–Trinajstić information content (AvgIpc) is 2.96. The summed E-state index contributed by atoms with van der Waals surface area (Å²) in [6.45, 7) is 0.716. The lowest BCUT2D eigenvalue weighted by atomic mass is 10.1. The molecule has 3 rings (SSSR count). The van der Waals surface area contributed by atoms with Gasteiger partial charge in [-0.15, -0.1) is 0 Å². The van der Waals surface area contributed by atoms with E-state index in [2.05, 4.69) is 5.32 Å². The molecule has 1 saturated heterocycles. The van der Waals surface area contributed by atoms with Crippen molar-refractivity contribution in [2.75, 3.05) is 11.4 Å². The van der Waals surface area contributed by atoms with Crippen LogP contribution in [0, 0.1) is 11.7 Å². The van der Waals surface area contributed by atoms with Gasteiger partial charge in [0.05, 0.1) is 0 Å². The molecule has 24 heavy (non-hydrogen) atoms. The number of benzene rings is 2. The van der Waals surface area contributed by atoms with E-state index in [0.717, 1.165) is 5.56 Å². The van der Waals surface area contributed by atoms with E-state index in [1.165, 1.54) is 29.2 Å². The number of nitrogens with one attached hydrogen (secondary N) is 1. The standard InChI is InChI=1S/C18H16ClFN2O2/c19-16-4-2-1-3-12(16)11-21-17(23)15-9-10-22(18(15)24)14-7-5-13(20)6-8-14/h1-8,15H,9-11H2,(H,21,23)/t15-/m1/s1. The molecule has 2 aromatic rings. The summed E-state index contributed by atoms with van der Waals surface area (Å²) in [7, 11) is 0. The van der Waals surface area contributed by atoms with Crippen molar-refractivity contribution in [3.8, 4) is 0 Å². The van der Waals surface area contributed by atoms with Crippen molar-refractivity contribution < 1.29 is 14.0 Å². The van der Waals surface area contributed by atoms with Gasteiger partial charge in [-0.25, -0.2) is 4.39 Å². The van der Waals surface area contributed by atoms with Crippen LogP contribution in [-0.2, 0) is 16.1 Å². The van der Waals surface area contributed by atoms with Crippen molar-refractivity contribution >= 4 is 29.1 Å². The highest BCUT2D eigenvalue weighted by molar-refractivity contribution is 6.31. The molecule has 0 spiro atoms. The number of carbonyl (C=O) groups is 2. The highest BCUT2D eigenvalue weighted by atomic mass is 35.5. The minimum Gasteiger partial charge on any atom is -0.351 e. The molecule has 0 aromatic heterocycles. The maximum atomic E-state index is 13.0. The molecule has 0 radical (unpaired) electrons. The molecule has 1 aliphatic rings. The summed E-state index contributed by atoms with van der Waals surface area (Å²) in [5, 5.41) is 3.34. The Morgan fingerprint density at radius 2 is 1.92 bits per heavy atom. The lowest BCUT2D eigenvalue weighted by Gasteiger charge is -2.16. The van der Waals surface area contributed by atoms with Crippen LogP contribution in [0.2, 0.25) is 5.02 Å². The maximum Gasteiger partial charge on any atom is 0.239 e. The largest absolute Gasteiger partial charge is 0.351 e. The molecule has 0 aliphatic carbocycles. The Labute approximate surface area is 144 Å². The van der Waals surface area contributed by atoms with Gasteiger partial charge in [0.1, 0.15) is 11.7 Å². The molecular weight excluding hydrogens is 331 g/mol. The van der Waals surface area contributed by atoms with Crippen molar-refractivity contribution in [1.29, 1.82) is 0 Å². The number of halogens is 2. The van der Waals surface area contributed by atoms with Crippen molar-refractivity contribution in [3.05, 3.63) is 64.9 Å². The molecule has 0 bridgehead atoms. The first-order chi connectivity index (χ1) is 11.6. The van der Waals surface area contributed by atoms with E-state index in [1.54, 1.807) is 6.07 Å². The average molecular weight is 347 g/mol. The number of amides is 2. The fourth-order valence-electron chi connectivity index (χ4n) is 2.75. The zero-order valence-electron chi connectivity index (χ0n) is 12.8. The number of rotatable bonds is 4. The third kappa shape index (κ3) is 3.41. The summed E-state index contributed by atoms with van der Waals surface area (Å²) in [6.07, 6.45) is 0.435. The van der Waals surface area contributed by atoms with Crippen LogP contribution >= 0.6 is 11.6 Å². The molecule has 1 heterocycles. The van der Waals surface area contributed by atoms with E-state index in [1.807, 2.05) is 18.2 Å². The van der Waals surface area contributed by atoms with Crippen LogP contribution in [0.4, 0.5) is 10.1 Å². The zero-order chi connectivity index (χ0) is 17.1. The van der Waals surface area contributed by atoms with Crippen LogP contribution in [0.15, 0.2) is 48.5 Å². The Balaban J connectivity index is 1.63. The van der Waals surface area contributed by atoms with Gasteiger partial charge in [-0.3, -0.25) is 9.59 Å². The lowest BCUT2D eigenvalue weighted by Crippen LogP contribution is -2.36. The number of hydrogen-bond donors (Lipinski definition) is 1. The molecule has 0 saturated carbocycles. The van der Waals surface area contributed by atoms with E-state index < -0.39 is 5.92 Å². The van der Waals surface area contributed by atoms with Gasteiger partial charge in [0.25, 0.3) is 0 Å². The molecule has 4 nitrogen and oxygen atoms in total. The molecule has 2 amide bonds. The molecule has 1 fully saturated rings. The van der Waals surface area contributed by atoms with Crippen LogP contribution in [0.25, 0.3) is 0 Å². The molecule has 1 N–H and O–H groups in total. The topological polar surface area (TPSA) is 49.4 Å². The molecule has 0 unspecified atom stereocenters. The minimum absolute atomic E-state index is 0.265. The molecular formula is C18H16ClFN2O2. The Hall–Kier alpha value is -2.40. The quantitative estimate of drug-likeness (QED) is 0.865. The molecule has 124 valence electrons. The van der Waals surface area contributed by atoms with Crippen LogP contribution in [0.3, 0.4) is 0 Å². The second-order valence-electron chi connectivity index (χ2n) is 5.62. The predicted molar refractivity (Wildman–Crippen MR) is 90.2 cm³/mol. The Morgan fingerprint density at radius 1 is 1.21 bits per heavy atom. The zero-order valence-corrected chi connectivity index (χ0v) is 13.6. The SMILES string of the molecule is O=C(NCc1ccccc1Cl)[C@H]1CCN(c2ccc(F)cc2)C1=O. The number of hydrogen-bond acceptors (Lipinski definition) is 2. The number of carbonyl (C=O) groups excluding carboxylic acids is 2. The summed E-state index contributed by atoms with van der Waals surface area (Å²) in [6, 6.07) is 12.9. The Bertz CT molecular complexity index is 764. The number of anilines is 1. The van der Waals surface area contributed by atoms with Gasteiger partial charge >= 0.3 is 0 Å². The molecule has 1 atom stereocenters. The third-order valence-electron chi connectivity index (χ3n) is 4.07. The van der Waals surface area contributed by atoms with Crippen molar-refractivity contribution in [1.82, 2.24) is 5.32 Å². The van der Waals surface area contributed by atoms with Gasteiger partial charge in [-0.2, -0.15) is 0 Å². The van der Waals surface area contributed by atoms with Crippen molar-refractivity contribution in [2.45, 2.75) is 13.0 Å². The second kappa shape index (κ2) is 7.01. The monoisotopic (exact) mass is 346 g/mol. The van der Waals surface area contributed by atoms with Gasteiger partial charge in [0.2, 0.25) is 11.8 Å². The van der Waals surface area contributed by atoms with Crippen molar-refractivity contribution in [3.63, 3.8) is 0 Å². The van der Waals surface area contributed by atoms with E-state index in [9.17, 15) is 14.0 Å². The van der Waals surface area contributed by atoms with E-state index in [-0.39, 0.29) is 24.2 Å². The summed E-state index contributed by atoms with van der Waals surface area (Å²) >= 11 is 6.05. The maximum absolute atomic E-state index is 13.0. The first kappa shape index (κ1) is 16.5. The fraction of sp³-hybridized carbons (Fsp3) is 0.222. The highest BCUT2D eigenvalue weighted by Crippen LogP contribution is 2.25. The Kier molecular flexibility index (Phi) is 4.81. The van der Waals surface area contributed by atoms with E-state index in [0.29, 0.717) is 23.7 Å². The predicted octanol–water partition coefficient (Wildman–Crippen LogP) is 3.15. The van der Waals surface area contributed by atoms with Gasteiger partial charge in [0.15, 0.2) is 0 Å². The van der Waals surface area contributed by atoms with Gasteiger partial charge in [0, 0.05) is 23.8 Å². The smallest absolute Gasteiger partial charge is 0.239 e. The molecule has 6 heteroatoms. The summed E-state index contributed by atoms with van der Waals surface area (Å²) in [5.74, 6) is -1.67. The third-order valence-corrected chi connectivity index (χ3v) is 4.44. The summed E-state index contributed by atoms with van der Waals surface area (Å²) < 4.78 is 13.0. The van der Waals surface area contributed by atoms with Crippen LogP contribution in [0.5, 0.6) is 0 Å². The normalized spacial score (nSPS) is 17.2. The van der Waals surface area contributed by atoms with Gasteiger partial charge in [-0.1, -0.05) is 29.8 Å². The molecule has 2 aromatic carbocycles. The van der Waals surface area contributed by atoms with Gasteiger partial charge < -0.3 is 10.2 Å². The minimum atomic E-state index is -0.724. The Morgan fingerprint density at radius 3 is 2.62 bits per heavy atom. The second-order valence-corrected chi connectivity index (χ2v) is 6.02. The fourth-order valence-corrected chi connectivity index (χ4v) is 2.95. The number of nitrogens with zero attached hydrogens (tertiary/aromatic N) is 1. The van der Waals surface area contributed by atoms with Crippen LogP contribution in [-0.4, -0.2) is 18.4 Å². The molecule has 1 aliphatic heterocycles. The first-order valence-corrected chi connectivity index (χ1v) is 8.02. The van der Waals surface area contributed by atoms with Crippen LogP contribution < -0.4 is 10.2 Å². The first-order valence-electron chi connectivity index (χ1n) is 7.64. The summed E-state index contributed by atoms with van der Waals surface area (Å²) in [5.41, 5.74) is 1.40. The van der Waals surface area contributed by atoms with Crippen molar-refractivity contribution in [2.24, 2.45) is 5.92 Å². The van der Waals surface area contributed by atoms with Crippen LogP contribution in [0.1, 0.15) is 12.0 Å². The lowest BCUT2D eigenvalue weighted by molar-refractivity contribution is -0.132. The van der Waals surface area contributed by atoms with E-state index in [4.69, 9.17) is 11.6 Å². The highest BCUT2D eigenvalue weighted by Gasteiger charge is 2.37. The van der Waals surface area contributed by atoms with Gasteiger partial charge in [-0.05, 0) is 42.3 Å². The summed E-state index contributed by atoms with van der Waals surface area (Å²) in [4.78, 5) is 26.3. The van der Waals surface area contributed by atoms with E-state index >= 15 is 0 Å².